The van der Waals surface area contributed by atoms with Gasteiger partial charge in [0.15, 0.2) is 0 Å². The van der Waals surface area contributed by atoms with Crippen LogP contribution in [0.1, 0.15) is 18.1 Å². The van der Waals surface area contributed by atoms with Crippen LogP contribution in [0.2, 0.25) is 0 Å². The fraction of sp³-hybridized carbons (Fsp3) is 0.0526. The molecule has 0 heterocycles. The van der Waals surface area contributed by atoms with Gasteiger partial charge in [0.1, 0.15) is 0 Å². The van der Waals surface area contributed by atoms with E-state index in [1.165, 1.54) is 22.3 Å². The lowest BCUT2D eigenvalue weighted by molar-refractivity contribution is 1.56. The van der Waals surface area contributed by atoms with Crippen molar-refractivity contribution in [1.82, 2.24) is 0 Å². The van der Waals surface area contributed by atoms with Crippen LogP contribution >= 0.6 is 0 Å². The van der Waals surface area contributed by atoms with E-state index in [0.717, 1.165) is 0 Å². The highest BCUT2D eigenvalue weighted by Crippen LogP contribution is 2.22. The third-order valence-corrected chi connectivity index (χ3v) is 3.01. The predicted octanol–water partition coefficient (Wildman–Crippen LogP) is 5.36. The lowest BCUT2D eigenvalue weighted by atomic mass is 9.99. The number of allylic oxidation sites excluding steroid dienone is 5. The fourth-order valence-electron chi connectivity index (χ4n) is 2.00. The van der Waals surface area contributed by atoms with Crippen molar-refractivity contribution in [2.45, 2.75) is 6.92 Å². The molecule has 0 bridgehead atoms. The van der Waals surface area contributed by atoms with Gasteiger partial charge in [-0.2, -0.15) is 0 Å². The number of benzene rings is 2. The van der Waals surface area contributed by atoms with Gasteiger partial charge in [0, 0.05) is 0 Å². The molecular formula is C19H18. The minimum atomic E-state index is 1.18. The van der Waals surface area contributed by atoms with Crippen LogP contribution in [0.25, 0.3) is 11.1 Å². The second-order valence-corrected chi connectivity index (χ2v) is 4.42. The molecule has 0 aliphatic heterocycles. The SMILES string of the molecule is C=C/C=C(\C=C(/C)c1ccccc1)c1ccccc1. The lowest BCUT2D eigenvalue weighted by Crippen LogP contribution is -1.83. The zero-order chi connectivity index (χ0) is 13.5. The standard InChI is InChI=1S/C19H18/c1-3-10-19(18-13-8-5-9-14-18)15-16(2)17-11-6-4-7-12-17/h3-15H,1H2,2H3/b16-15+,19-10+. The largest absolute Gasteiger partial charge is 0.0990 e. The van der Waals surface area contributed by atoms with Gasteiger partial charge < -0.3 is 0 Å². The zero-order valence-electron chi connectivity index (χ0n) is 11.2. The number of hydrogen-bond acceptors (Lipinski definition) is 0. The Morgan fingerprint density at radius 1 is 0.842 bits per heavy atom. The lowest BCUT2D eigenvalue weighted by Gasteiger charge is -2.05. The summed E-state index contributed by atoms with van der Waals surface area (Å²) in [5.41, 5.74) is 4.88. The first-order valence-electron chi connectivity index (χ1n) is 6.43. The van der Waals surface area contributed by atoms with E-state index in [9.17, 15) is 0 Å². The summed E-state index contributed by atoms with van der Waals surface area (Å²) in [7, 11) is 0. The molecule has 94 valence electrons. The summed E-state index contributed by atoms with van der Waals surface area (Å²) in [6.45, 7) is 5.93. The quantitative estimate of drug-likeness (QED) is 0.637. The van der Waals surface area contributed by atoms with Crippen molar-refractivity contribution >= 4 is 11.1 Å². The second kappa shape index (κ2) is 6.55. The van der Waals surface area contributed by atoms with Crippen LogP contribution in [-0.4, -0.2) is 0 Å². The van der Waals surface area contributed by atoms with Crippen molar-refractivity contribution in [3.05, 3.63) is 96.6 Å². The molecule has 0 radical (unpaired) electrons. The average molecular weight is 246 g/mol. The van der Waals surface area contributed by atoms with Crippen LogP contribution in [0, 0.1) is 0 Å². The van der Waals surface area contributed by atoms with Gasteiger partial charge >= 0.3 is 0 Å². The van der Waals surface area contributed by atoms with Crippen LogP contribution in [0.5, 0.6) is 0 Å². The number of rotatable bonds is 4. The van der Waals surface area contributed by atoms with Gasteiger partial charge in [0.2, 0.25) is 0 Å². The van der Waals surface area contributed by atoms with Crippen molar-refractivity contribution in [1.29, 1.82) is 0 Å². The van der Waals surface area contributed by atoms with Crippen LogP contribution < -0.4 is 0 Å². The molecule has 0 spiro atoms. The van der Waals surface area contributed by atoms with E-state index in [4.69, 9.17) is 0 Å². The summed E-state index contributed by atoms with van der Waals surface area (Å²) in [6, 6.07) is 20.8. The maximum absolute atomic E-state index is 3.80. The summed E-state index contributed by atoms with van der Waals surface area (Å²) >= 11 is 0. The van der Waals surface area contributed by atoms with E-state index in [2.05, 4.69) is 68.1 Å². The third kappa shape index (κ3) is 3.56. The van der Waals surface area contributed by atoms with Crippen molar-refractivity contribution in [2.24, 2.45) is 0 Å². The van der Waals surface area contributed by atoms with E-state index >= 15 is 0 Å². The number of hydrogen-bond donors (Lipinski definition) is 0. The minimum Gasteiger partial charge on any atom is -0.0990 e. The van der Waals surface area contributed by atoms with E-state index in [1.807, 2.05) is 24.3 Å². The Morgan fingerprint density at radius 3 is 1.89 bits per heavy atom. The van der Waals surface area contributed by atoms with Crippen LogP contribution in [-0.2, 0) is 0 Å². The van der Waals surface area contributed by atoms with Crippen LogP contribution in [0.15, 0.2) is 85.5 Å². The predicted molar refractivity (Wildman–Crippen MR) is 84.7 cm³/mol. The summed E-state index contributed by atoms with van der Waals surface area (Å²) < 4.78 is 0. The van der Waals surface area contributed by atoms with Gasteiger partial charge in [-0.25, -0.2) is 0 Å². The molecule has 2 aromatic rings. The third-order valence-electron chi connectivity index (χ3n) is 3.01. The Bertz CT molecular complexity index is 586. The van der Waals surface area contributed by atoms with Crippen molar-refractivity contribution < 1.29 is 0 Å². The second-order valence-electron chi connectivity index (χ2n) is 4.42. The van der Waals surface area contributed by atoms with Crippen LogP contribution in [0.4, 0.5) is 0 Å². The Balaban J connectivity index is 2.37. The maximum Gasteiger partial charge on any atom is -0.0181 e. The van der Waals surface area contributed by atoms with E-state index in [0.29, 0.717) is 0 Å². The maximum atomic E-state index is 3.80. The van der Waals surface area contributed by atoms with E-state index in [-0.39, 0.29) is 0 Å². The van der Waals surface area contributed by atoms with Crippen molar-refractivity contribution in [3.8, 4) is 0 Å². The molecule has 0 aromatic heterocycles. The van der Waals surface area contributed by atoms with E-state index < -0.39 is 0 Å². The zero-order valence-corrected chi connectivity index (χ0v) is 11.2. The molecule has 0 aliphatic carbocycles. The van der Waals surface area contributed by atoms with Gasteiger partial charge in [0.25, 0.3) is 0 Å². The highest BCUT2D eigenvalue weighted by atomic mass is 14.0. The molecule has 0 aliphatic rings. The molecule has 0 fully saturated rings. The monoisotopic (exact) mass is 246 g/mol. The summed E-state index contributed by atoms with van der Waals surface area (Å²) in [5.74, 6) is 0. The van der Waals surface area contributed by atoms with Crippen LogP contribution in [0.3, 0.4) is 0 Å². The normalized spacial score (nSPS) is 12.3. The molecule has 0 amide bonds. The first kappa shape index (κ1) is 13.1. The molecule has 0 nitrogen and oxygen atoms in total. The summed E-state index contributed by atoms with van der Waals surface area (Å²) in [6.07, 6.45) is 6.07. The molecule has 2 rings (SSSR count). The highest BCUT2D eigenvalue weighted by molar-refractivity contribution is 5.83. The first-order chi connectivity index (χ1) is 9.31. The molecule has 0 saturated heterocycles. The van der Waals surface area contributed by atoms with Gasteiger partial charge in [-0.05, 0) is 29.2 Å². The van der Waals surface area contributed by atoms with E-state index in [1.54, 1.807) is 0 Å². The van der Waals surface area contributed by atoms with Gasteiger partial charge in [0.05, 0.1) is 0 Å². The Hall–Kier alpha value is -2.34. The van der Waals surface area contributed by atoms with Gasteiger partial charge in [-0.1, -0.05) is 85.5 Å². The fourth-order valence-corrected chi connectivity index (χ4v) is 2.00. The Morgan fingerprint density at radius 2 is 1.37 bits per heavy atom. The highest BCUT2D eigenvalue weighted by Gasteiger charge is 1.99. The van der Waals surface area contributed by atoms with Crippen molar-refractivity contribution in [2.75, 3.05) is 0 Å². The molecule has 2 aromatic carbocycles. The molecule has 0 saturated carbocycles. The summed E-state index contributed by atoms with van der Waals surface area (Å²) in [5, 5.41) is 0. The molecule has 0 N–H and O–H groups in total. The molecule has 0 unspecified atom stereocenters. The van der Waals surface area contributed by atoms with Gasteiger partial charge in [-0.3, -0.25) is 0 Å². The average Bonchev–Trinajstić information content (AvgIpc) is 2.48. The minimum absolute atomic E-state index is 1.18. The summed E-state index contributed by atoms with van der Waals surface area (Å²) in [4.78, 5) is 0. The molecule has 0 heteroatoms. The molecular weight excluding hydrogens is 228 g/mol. The topological polar surface area (TPSA) is 0 Å². The Kier molecular flexibility index (Phi) is 4.52. The molecule has 0 atom stereocenters. The first-order valence-corrected chi connectivity index (χ1v) is 6.43. The molecule has 19 heavy (non-hydrogen) atoms. The Labute approximate surface area is 115 Å². The van der Waals surface area contributed by atoms with Crippen molar-refractivity contribution in [3.63, 3.8) is 0 Å². The van der Waals surface area contributed by atoms with Gasteiger partial charge in [-0.15, -0.1) is 0 Å². The smallest absolute Gasteiger partial charge is 0.0181 e.